The van der Waals surface area contributed by atoms with Gasteiger partial charge in [0.1, 0.15) is 11.9 Å². The van der Waals surface area contributed by atoms with E-state index in [0.717, 1.165) is 5.56 Å². The highest BCUT2D eigenvalue weighted by molar-refractivity contribution is 5.98. The van der Waals surface area contributed by atoms with E-state index in [1.54, 1.807) is 19.1 Å². The quantitative estimate of drug-likeness (QED) is 0.941. The number of hydrogen-bond donors (Lipinski definition) is 1. The van der Waals surface area contributed by atoms with Crippen molar-refractivity contribution in [3.05, 3.63) is 71.0 Å². The molecule has 0 unspecified atom stereocenters. The highest BCUT2D eigenvalue weighted by Crippen LogP contribution is 2.17. The molecule has 5 heteroatoms. The number of nitrogens with one attached hydrogen (secondary N) is 1. The summed E-state index contributed by atoms with van der Waals surface area (Å²) in [5, 5.41) is 2.80. The first-order valence-corrected chi connectivity index (χ1v) is 7.95. The van der Waals surface area contributed by atoms with Crippen LogP contribution >= 0.6 is 0 Å². The van der Waals surface area contributed by atoms with Gasteiger partial charge in [-0.25, -0.2) is 4.39 Å². The van der Waals surface area contributed by atoms with Crippen molar-refractivity contribution in [3.8, 4) is 0 Å². The third-order valence-corrected chi connectivity index (χ3v) is 4.28. The van der Waals surface area contributed by atoms with Crippen molar-refractivity contribution in [2.24, 2.45) is 0 Å². The van der Waals surface area contributed by atoms with Crippen LogP contribution in [0.2, 0.25) is 0 Å². The lowest BCUT2D eigenvalue weighted by molar-refractivity contribution is -0.127. The lowest BCUT2D eigenvalue weighted by Gasteiger charge is -2.35. The van der Waals surface area contributed by atoms with Crippen molar-refractivity contribution in [1.29, 1.82) is 0 Å². The van der Waals surface area contributed by atoms with Crippen LogP contribution in [0, 0.1) is 12.7 Å². The molecular formula is C19H19FN2O2. The molecule has 124 valence electrons. The molecule has 1 heterocycles. The number of amides is 2. The van der Waals surface area contributed by atoms with Gasteiger partial charge in [-0.3, -0.25) is 9.59 Å². The maximum absolute atomic E-state index is 13.8. The van der Waals surface area contributed by atoms with Gasteiger partial charge in [0.2, 0.25) is 5.91 Å². The summed E-state index contributed by atoms with van der Waals surface area (Å²) in [5.74, 6) is -0.905. The summed E-state index contributed by atoms with van der Waals surface area (Å²) in [6.07, 6.45) is 0.437. The van der Waals surface area contributed by atoms with Gasteiger partial charge in [-0.1, -0.05) is 36.4 Å². The van der Waals surface area contributed by atoms with Gasteiger partial charge in [-0.15, -0.1) is 0 Å². The number of carbonyl (C=O) groups excluding carboxylic acids is 2. The van der Waals surface area contributed by atoms with E-state index in [9.17, 15) is 14.0 Å². The fourth-order valence-corrected chi connectivity index (χ4v) is 2.89. The predicted octanol–water partition coefficient (Wildman–Crippen LogP) is 2.32. The smallest absolute Gasteiger partial charge is 0.254 e. The molecule has 0 spiro atoms. The molecule has 1 N–H and O–H groups in total. The molecule has 24 heavy (non-hydrogen) atoms. The fraction of sp³-hybridized carbons (Fsp3) is 0.263. The van der Waals surface area contributed by atoms with E-state index < -0.39 is 11.9 Å². The largest absolute Gasteiger partial charge is 0.353 e. The van der Waals surface area contributed by atoms with Crippen LogP contribution in [0.3, 0.4) is 0 Å². The molecule has 4 nitrogen and oxygen atoms in total. The van der Waals surface area contributed by atoms with Gasteiger partial charge in [-0.2, -0.15) is 0 Å². The molecule has 0 aliphatic carbocycles. The molecule has 0 aromatic heterocycles. The molecule has 0 saturated carbocycles. The number of halogens is 1. The minimum absolute atomic E-state index is 0.175. The van der Waals surface area contributed by atoms with Crippen LogP contribution < -0.4 is 5.32 Å². The lowest BCUT2D eigenvalue weighted by Crippen LogP contribution is -2.58. The third kappa shape index (κ3) is 3.30. The molecule has 1 fully saturated rings. The Morgan fingerprint density at radius 2 is 2.00 bits per heavy atom. The third-order valence-electron chi connectivity index (χ3n) is 4.28. The first-order chi connectivity index (χ1) is 11.6. The zero-order valence-corrected chi connectivity index (χ0v) is 13.5. The van der Waals surface area contributed by atoms with E-state index >= 15 is 0 Å². The number of carbonyl (C=O) groups is 2. The van der Waals surface area contributed by atoms with Crippen LogP contribution in [0.4, 0.5) is 4.39 Å². The Labute approximate surface area is 140 Å². The topological polar surface area (TPSA) is 49.4 Å². The Morgan fingerprint density at radius 1 is 1.25 bits per heavy atom. The average Bonchev–Trinajstić information content (AvgIpc) is 2.59. The highest BCUT2D eigenvalue weighted by atomic mass is 19.1. The minimum Gasteiger partial charge on any atom is -0.353 e. The summed E-state index contributed by atoms with van der Waals surface area (Å²) >= 11 is 0. The lowest BCUT2D eigenvalue weighted by atomic mass is 10.0. The number of hydrogen-bond acceptors (Lipinski definition) is 2. The zero-order valence-electron chi connectivity index (χ0n) is 13.5. The molecule has 1 saturated heterocycles. The summed E-state index contributed by atoms with van der Waals surface area (Å²) in [7, 11) is 0. The van der Waals surface area contributed by atoms with Crippen LogP contribution in [0.1, 0.15) is 21.5 Å². The predicted molar refractivity (Wildman–Crippen MR) is 89.1 cm³/mol. The van der Waals surface area contributed by atoms with E-state index in [2.05, 4.69) is 5.32 Å². The van der Waals surface area contributed by atoms with Gasteiger partial charge in [-0.05, 0) is 30.2 Å². The van der Waals surface area contributed by atoms with Crippen molar-refractivity contribution in [2.45, 2.75) is 19.4 Å². The van der Waals surface area contributed by atoms with Crippen LogP contribution in [0.5, 0.6) is 0 Å². The molecular weight excluding hydrogens is 307 g/mol. The van der Waals surface area contributed by atoms with E-state index in [1.165, 1.54) is 11.0 Å². The van der Waals surface area contributed by atoms with Crippen molar-refractivity contribution < 1.29 is 14.0 Å². The van der Waals surface area contributed by atoms with Gasteiger partial charge in [0.15, 0.2) is 0 Å². The summed E-state index contributed by atoms with van der Waals surface area (Å²) < 4.78 is 13.8. The molecule has 0 bridgehead atoms. The van der Waals surface area contributed by atoms with Crippen molar-refractivity contribution >= 4 is 11.8 Å². The van der Waals surface area contributed by atoms with Gasteiger partial charge >= 0.3 is 0 Å². The van der Waals surface area contributed by atoms with Crippen LogP contribution in [0.25, 0.3) is 0 Å². The highest BCUT2D eigenvalue weighted by Gasteiger charge is 2.33. The molecule has 2 aromatic rings. The normalized spacial score (nSPS) is 17.5. The SMILES string of the molecule is Cc1ccc(C(=O)N2CCNC(=O)[C@@H]2Cc2ccccc2)cc1F. The van der Waals surface area contributed by atoms with Gasteiger partial charge in [0.05, 0.1) is 0 Å². The molecule has 0 radical (unpaired) electrons. The standard InChI is InChI=1S/C19H19FN2O2/c1-13-7-8-15(12-16(13)20)19(24)22-10-9-21-18(23)17(22)11-14-5-3-2-4-6-14/h2-8,12,17H,9-11H2,1H3,(H,21,23)/t17-/m0/s1. The molecule has 1 aliphatic rings. The second-order valence-electron chi connectivity index (χ2n) is 5.96. The molecule has 3 rings (SSSR count). The minimum atomic E-state index is -0.585. The van der Waals surface area contributed by atoms with Crippen LogP contribution in [-0.4, -0.2) is 35.8 Å². The Balaban J connectivity index is 1.86. The van der Waals surface area contributed by atoms with E-state index in [0.29, 0.717) is 25.1 Å². The molecule has 1 aliphatic heterocycles. The first-order valence-electron chi connectivity index (χ1n) is 7.95. The number of rotatable bonds is 3. The molecule has 1 atom stereocenters. The monoisotopic (exact) mass is 326 g/mol. The first kappa shape index (κ1) is 16.2. The summed E-state index contributed by atoms with van der Waals surface area (Å²) in [4.78, 5) is 26.6. The number of aryl methyl sites for hydroxylation is 1. The van der Waals surface area contributed by atoms with E-state index in [-0.39, 0.29) is 17.4 Å². The van der Waals surface area contributed by atoms with Gasteiger partial charge < -0.3 is 10.2 Å². The average molecular weight is 326 g/mol. The zero-order chi connectivity index (χ0) is 17.1. The Kier molecular flexibility index (Phi) is 4.60. The van der Waals surface area contributed by atoms with Crippen molar-refractivity contribution in [3.63, 3.8) is 0 Å². The number of nitrogens with zero attached hydrogens (tertiary/aromatic N) is 1. The van der Waals surface area contributed by atoms with E-state index in [1.807, 2.05) is 30.3 Å². The summed E-state index contributed by atoms with van der Waals surface area (Å²) in [6, 6.07) is 13.4. The molecule has 2 aromatic carbocycles. The number of piperazine rings is 1. The van der Waals surface area contributed by atoms with Crippen LogP contribution in [0.15, 0.2) is 48.5 Å². The number of benzene rings is 2. The maximum atomic E-state index is 13.8. The second-order valence-corrected chi connectivity index (χ2v) is 5.96. The fourth-order valence-electron chi connectivity index (χ4n) is 2.89. The van der Waals surface area contributed by atoms with Gasteiger partial charge in [0, 0.05) is 25.1 Å². The summed E-state index contributed by atoms with van der Waals surface area (Å²) in [5.41, 5.74) is 1.74. The molecule has 2 amide bonds. The van der Waals surface area contributed by atoms with Crippen molar-refractivity contribution in [2.75, 3.05) is 13.1 Å². The second kappa shape index (κ2) is 6.83. The van der Waals surface area contributed by atoms with Crippen LogP contribution in [-0.2, 0) is 11.2 Å². The van der Waals surface area contributed by atoms with Gasteiger partial charge in [0.25, 0.3) is 5.91 Å². The Morgan fingerprint density at radius 3 is 2.71 bits per heavy atom. The van der Waals surface area contributed by atoms with Crippen molar-refractivity contribution in [1.82, 2.24) is 10.2 Å². The summed E-state index contributed by atoms with van der Waals surface area (Å²) in [6.45, 7) is 2.47. The van der Waals surface area contributed by atoms with E-state index in [4.69, 9.17) is 0 Å². The Hall–Kier alpha value is -2.69. The Bertz CT molecular complexity index is 761. The maximum Gasteiger partial charge on any atom is 0.254 e.